The SMILES string of the molecule is CC1NPNC1C. The van der Waals surface area contributed by atoms with Crippen LogP contribution in [-0.4, -0.2) is 12.1 Å². The van der Waals surface area contributed by atoms with E-state index < -0.39 is 0 Å². The lowest BCUT2D eigenvalue weighted by Gasteiger charge is -2.04. The molecule has 2 N–H and O–H groups in total. The first kappa shape index (κ1) is 5.49. The highest BCUT2D eigenvalue weighted by atomic mass is 31.1. The van der Waals surface area contributed by atoms with Crippen molar-refractivity contribution < 1.29 is 0 Å². The second-order valence-electron chi connectivity index (χ2n) is 1.99. The number of rotatable bonds is 0. The maximum atomic E-state index is 3.29. The van der Waals surface area contributed by atoms with Crippen LogP contribution in [0.1, 0.15) is 13.8 Å². The molecule has 3 heteroatoms. The molecule has 0 aliphatic carbocycles. The second kappa shape index (κ2) is 2.08. The van der Waals surface area contributed by atoms with Crippen molar-refractivity contribution in [1.29, 1.82) is 0 Å². The summed E-state index contributed by atoms with van der Waals surface area (Å²) in [5.41, 5.74) is 0. The monoisotopic (exact) mass is 118 g/mol. The van der Waals surface area contributed by atoms with Crippen LogP contribution in [0.2, 0.25) is 0 Å². The van der Waals surface area contributed by atoms with Crippen LogP contribution in [0.25, 0.3) is 0 Å². The van der Waals surface area contributed by atoms with Gasteiger partial charge in [0.25, 0.3) is 0 Å². The minimum atomic E-state index is 0.665. The van der Waals surface area contributed by atoms with Crippen LogP contribution >= 0.6 is 8.88 Å². The molecule has 1 heterocycles. The Bertz CT molecular complexity index is 58.7. The third-order valence-electron chi connectivity index (χ3n) is 1.35. The van der Waals surface area contributed by atoms with E-state index in [4.69, 9.17) is 0 Å². The van der Waals surface area contributed by atoms with E-state index in [1.54, 1.807) is 0 Å². The number of nitrogens with one attached hydrogen (secondary N) is 2. The first-order valence-corrected chi connectivity index (χ1v) is 3.57. The van der Waals surface area contributed by atoms with E-state index in [0.717, 1.165) is 8.88 Å². The van der Waals surface area contributed by atoms with Crippen LogP contribution in [0, 0.1) is 0 Å². The predicted molar refractivity (Wildman–Crippen MR) is 33.5 cm³/mol. The van der Waals surface area contributed by atoms with Gasteiger partial charge in [0, 0.05) is 21.0 Å². The Balaban J connectivity index is 2.33. The van der Waals surface area contributed by atoms with E-state index in [9.17, 15) is 0 Å². The summed E-state index contributed by atoms with van der Waals surface area (Å²) in [6.45, 7) is 4.38. The Hall–Kier alpha value is 0.350. The molecule has 1 fully saturated rings. The van der Waals surface area contributed by atoms with E-state index in [-0.39, 0.29) is 0 Å². The highest BCUT2D eigenvalue weighted by Crippen LogP contribution is 2.12. The zero-order valence-electron chi connectivity index (χ0n) is 4.65. The molecule has 2 nitrogen and oxygen atoms in total. The largest absolute Gasteiger partial charge is 0.282 e. The van der Waals surface area contributed by atoms with Crippen molar-refractivity contribution in [3.8, 4) is 0 Å². The molecule has 0 radical (unpaired) electrons. The van der Waals surface area contributed by atoms with Crippen molar-refractivity contribution in [2.45, 2.75) is 25.9 Å². The standard InChI is InChI=1S/C4H11N2P/c1-3-4(2)6-7-5-3/h3-7H,1-2H3. The highest BCUT2D eigenvalue weighted by molar-refractivity contribution is 7.33. The molecule has 7 heavy (non-hydrogen) atoms. The van der Waals surface area contributed by atoms with Gasteiger partial charge in [-0.3, -0.25) is 10.2 Å². The molecule has 1 aliphatic rings. The van der Waals surface area contributed by atoms with Crippen LogP contribution in [0.5, 0.6) is 0 Å². The summed E-state index contributed by atoms with van der Waals surface area (Å²) in [6, 6.07) is 1.33. The fourth-order valence-corrected chi connectivity index (χ4v) is 1.56. The van der Waals surface area contributed by atoms with Crippen LogP contribution in [0.15, 0.2) is 0 Å². The van der Waals surface area contributed by atoms with Gasteiger partial charge in [-0.25, -0.2) is 0 Å². The van der Waals surface area contributed by atoms with Crippen LogP contribution in [0.4, 0.5) is 0 Å². The lowest BCUT2D eigenvalue weighted by molar-refractivity contribution is 0.583. The minimum Gasteiger partial charge on any atom is -0.282 e. The smallest absolute Gasteiger partial charge is 0.0238 e. The van der Waals surface area contributed by atoms with Gasteiger partial charge < -0.3 is 0 Å². The average Bonchev–Trinajstić information content (AvgIpc) is 1.91. The van der Waals surface area contributed by atoms with Gasteiger partial charge in [-0.15, -0.1) is 0 Å². The van der Waals surface area contributed by atoms with Crippen LogP contribution in [0.3, 0.4) is 0 Å². The Morgan fingerprint density at radius 2 is 1.57 bits per heavy atom. The quantitative estimate of drug-likeness (QED) is 0.452. The molecular formula is C4H11N2P. The molecule has 42 valence electrons. The molecule has 1 rings (SSSR count). The molecule has 0 amide bonds. The fraction of sp³-hybridized carbons (Fsp3) is 1.00. The first-order chi connectivity index (χ1) is 3.30. The second-order valence-corrected chi connectivity index (χ2v) is 2.82. The van der Waals surface area contributed by atoms with Gasteiger partial charge in [0.15, 0.2) is 0 Å². The van der Waals surface area contributed by atoms with E-state index in [1.165, 1.54) is 0 Å². The van der Waals surface area contributed by atoms with E-state index in [2.05, 4.69) is 24.0 Å². The summed E-state index contributed by atoms with van der Waals surface area (Å²) in [4.78, 5) is 0. The lowest BCUT2D eigenvalue weighted by Crippen LogP contribution is -2.26. The Kier molecular flexibility index (Phi) is 1.63. The molecule has 0 saturated carbocycles. The molecule has 2 unspecified atom stereocenters. The van der Waals surface area contributed by atoms with Crippen molar-refractivity contribution in [3.05, 3.63) is 0 Å². The highest BCUT2D eigenvalue weighted by Gasteiger charge is 2.15. The molecule has 1 aliphatic heterocycles. The Morgan fingerprint density at radius 1 is 1.14 bits per heavy atom. The van der Waals surface area contributed by atoms with E-state index in [1.807, 2.05) is 0 Å². The third kappa shape index (κ3) is 1.12. The normalized spacial score (nSPS) is 45.4. The van der Waals surface area contributed by atoms with E-state index >= 15 is 0 Å². The average molecular weight is 118 g/mol. The van der Waals surface area contributed by atoms with Gasteiger partial charge in [0.1, 0.15) is 0 Å². The molecule has 0 aromatic heterocycles. The van der Waals surface area contributed by atoms with Gasteiger partial charge in [0.2, 0.25) is 0 Å². The number of hydrogen-bond donors (Lipinski definition) is 2. The van der Waals surface area contributed by atoms with Crippen LogP contribution in [-0.2, 0) is 0 Å². The van der Waals surface area contributed by atoms with E-state index in [0.29, 0.717) is 12.1 Å². The third-order valence-corrected chi connectivity index (χ3v) is 2.55. The lowest BCUT2D eigenvalue weighted by atomic mass is 10.2. The fourth-order valence-electron chi connectivity index (χ4n) is 0.519. The Labute approximate surface area is 46.0 Å². The molecule has 0 spiro atoms. The van der Waals surface area contributed by atoms with Gasteiger partial charge >= 0.3 is 0 Å². The van der Waals surface area contributed by atoms with Crippen molar-refractivity contribution in [2.75, 3.05) is 0 Å². The van der Waals surface area contributed by atoms with Gasteiger partial charge in [-0.05, 0) is 13.8 Å². The molecule has 1 saturated heterocycles. The molecule has 0 bridgehead atoms. The predicted octanol–water partition coefficient (Wildman–Crippen LogP) is 0.465. The summed E-state index contributed by atoms with van der Waals surface area (Å²) in [5, 5.41) is 6.57. The van der Waals surface area contributed by atoms with Gasteiger partial charge in [-0.2, -0.15) is 0 Å². The summed E-state index contributed by atoms with van der Waals surface area (Å²) in [7, 11) is 0.769. The number of hydrogen-bond acceptors (Lipinski definition) is 2. The Morgan fingerprint density at radius 3 is 1.71 bits per heavy atom. The summed E-state index contributed by atoms with van der Waals surface area (Å²) in [6.07, 6.45) is 0. The topological polar surface area (TPSA) is 24.1 Å². The maximum absolute atomic E-state index is 3.29. The molecular weight excluding hydrogens is 107 g/mol. The van der Waals surface area contributed by atoms with Crippen molar-refractivity contribution >= 4 is 8.88 Å². The van der Waals surface area contributed by atoms with Crippen molar-refractivity contribution in [1.82, 2.24) is 10.2 Å². The zero-order valence-corrected chi connectivity index (χ0v) is 5.65. The van der Waals surface area contributed by atoms with Crippen molar-refractivity contribution in [2.24, 2.45) is 0 Å². The molecule has 0 aromatic carbocycles. The maximum Gasteiger partial charge on any atom is 0.0238 e. The zero-order chi connectivity index (χ0) is 5.28. The van der Waals surface area contributed by atoms with Crippen molar-refractivity contribution in [3.63, 3.8) is 0 Å². The molecule has 2 atom stereocenters. The summed E-state index contributed by atoms with van der Waals surface area (Å²) < 4.78 is 0. The van der Waals surface area contributed by atoms with Crippen LogP contribution < -0.4 is 10.2 Å². The van der Waals surface area contributed by atoms with Gasteiger partial charge in [0.05, 0.1) is 0 Å². The van der Waals surface area contributed by atoms with Gasteiger partial charge in [-0.1, -0.05) is 0 Å². The summed E-state index contributed by atoms with van der Waals surface area (Å²) in [5.74, 6) is 0. The minimum absolute atomic E-state index is 0.665. The first-order valence-electron chi connectivity index (χ1n) is 2.57. The summed E-state index contributed by atoms with van der Waals surface area (Å²) >= 11 is 0. The molecule has 0 aromatic rings.